The van der Waals surface area contributed by atoms with E-state index in [1.54, 1.807) is 6.20 Å². The maximum Gasteiger partial charge on any atom is 0.129 e. The van der Waals surface area contributed by atoms with Gasteiger partial charge in [0.05, 0.1) is 5.52 Å². The van der Waals surface area contributed by atoms with E-state index in [9.17, 15) is 0 Å². The highest BCUT2D eigenvalue weighted by Gasteiger charge is 1.92. The van der Waals surface area contributed by atoms with Crippen LogP contribution in [0.4, 0.5) is 0 Å². The first kappa shape index (κ1) is 6.28. The Balaban J connectivity index is 2.83. The predicted molar refractivity (Wildman–Crippen MR) is 44.0 cm³/mol. The fourth-order valence-electron chi connectivity index (χ4n) is 1.01. The third-order valence-corrected chi connectivity index (χ3v) is 1.54. The second-order valence-corrected chi connectivity index (χ2v) is 2.35. The van der Waals surface area contributed by atoms with Crippen molar-refractivity contribution in [3.63, 3.8) is 0 Å². The summed E-state index contributed by atoms with van der Waals surface area (Å²) in [5.74, 6) is 0.573. The Morgan fingerprint density at radius 2 is 2.00 bits per heavy atom. The van der Waals surface area contributed by atoms with Crippen LogP contribution in [0.1, 0.15) is 5.82 Å². The van der Waals surface area contributed by atoms with Gasteiger partial charge < -0.3 is 0 Å². The van der Waals surface area contributed by atoms with E-state index in [4.69, 9.17) is 0 Å². The van der Waals surface area contributed by atoms with E-state index in [1.807, 2.05) is 24.3 Å². The van der Waals surface area contributed by atoms with Crippen molar-refractivity contribution in [2.24, 2.45) is 0 Å². The molecular formula is C9H7N2. The van der Waals surface area contributed by atoms with Crippen molar-refractivity contribution >= 4 is 10.9 Å². The Morgan fingerprint density at radius 3 is 2.91 bits per heavy atom. The van der Waals surface area contributed by atoms with Crippen LogP contribution in [0.25, 0.3) is 10.9 Å². The highest BCUT2D eigenvalue weighted by Crippen LogP contribution is 2.08. The van der Waals surface area contributed by atoms with Crippen molar-refractivity contribution in [1.82, 2.24) is 9.97 Å². The molecule has 0 N–H and O–H groups in total. The molecule has 2 rings (SSSR count). The van der Waals surface area contributed by atoms with Crippen LogP contribution in [0.2, 0.25) is 0 Å². The van der Waals surface area contributed by atoms with Crippen LogP contribution in [-0.2, 0) is 0 Å². The number of aromatic nitrogens is 2. The summed E-state index contributed by atoms with van der Waals surface area (Å²) in [6.07, 6.45) is 1.78. The van der Waals surface area contributed by atoms with Gasteiger partial charge in [-0.1, -0.05) is 18.2 Å². The fraction of sp³-hybridized carbons (Fsp3) is 0. The molecule has 0 spiro atoms. The standard InChI is InChI=1S/C9H7N2/c1-7-10-6-8-4-2-3-5-9(8)11-7/h2-6H,1H2. The number of benzene rings is 1. The first-order valence-electron chi connectivity index (χ1n) is 3.40. The maximum absolute atomic E-state index is 4.15. The summed E-state index contributed by atoms with van der Waals surface area (Å²) < 4.78 is 0. The molecule has 0 unspecified atom stereocenters. The average Bonchev–Trinajstić information content (AvgIpc) is 2.04. The van der Waals surface area contributed by atoms with Crippen LogP contribution in [-0.4, -0.2) is 9.97 Å². The quantitative estimate of drug-likeness (QED) is 0.562. The zero-order valence-corrected chi connectivity index (χ0v) is 5.99. The minimum atomic E-state index is 0.573. The number of para-hydroxylation sites is 1. The number of hydrogen-bond donors (Lipinski definition) is 0. The van der Waals surface area contributed by atoms with Crippen molar-refractivity contribution in [2.75, 3.05) is 0 Å². The lowest BCUT2D eigenvalue weighted by molar-refractivity contribution is 1.16. The molecule has 1 heterocycles. The van der Waals surface area contributed by atoms with Crippen LogP contribution in [0.15, 0.2) is 30.5 Å². The molecule has 0 atom stereocenters. The molecule has 0 amide bonds. The Bertz CT molecular complexity index is 382. The van der Waals surface area contributed by atoms with Crippen molar-refractivity contribution < 1.29 is 0 Å². The Morgan fingerprint density at radius 1 is 1.18 bits per heavy atom. The molecule has 0 aliphatic heterocycles. The number of rotatable bonds is 0. The molecule has 0 fully saturated rings. The van der Waals surface area contributed by atoms with Gasteiger partial charge in [-0.25, -0.2) is 9.97 Å². The minimum absolute atomic E-state index is 0.573. The van der Waals surface area contributed by atoms with Gasteiger partial charge in [-0.05, 0) is 6.07 Å². The van der Waals surface area contributed by atoms with Gasteiger partial charge in [0.25, 0.3) is 0 Å². The molecule has 2 aromatic rings. The zero-order valence-electron chi connectivity index (χ0n) is 5.99. The van der Waals surface area contributed by atoms with Crippen LogP contribution in [0, 0.1) is 6.92 Å². The molecule has 1 aromatic heterocycles. The van der Waals surface area contributed by atoms with Gasteiger partial charge in [0.2, 0.25) is 0 Å². The van der Waals surface area contributed by atoms with E-state index >= 15 is 0 Å². The Kier molecular flexibility index (Phi) is 1.32. The lowest BCUT2D eigenvalue weighted by Gasteiger charge is -1.95. The van der Waals surface area contributed by atoms with Gasteiger partial charge >= 0.3 is 0 Å². The van der Waals surface area contributed by atoms with E-state index < -0.39 is 0 Å². The molecular weight excluding hydrogens is 136 g/mol. The summed E-state index contributed by atoms with van der Waals surface area (Å²) in [5.41, 5.74) is 0.951. The molecule has 0 saturated heterocycles. The first-order valence-corrected chi connectivity index (χ1v) is 3.40. The molecule has 0 bridgehead atoms. The lowest BCUT2D eigenvalue weighted by Crippen LogP contribution is -1.86. The minimum Gasteiger partial charge on any atom is -0.241 e. The van der Waals surface area contributed by atoms with Gasteiger partial charge in [-0.3, -0.25) is 0 Å². The van der Waals surface area contributed by atoms with E-state index in [0.29, 0.717) is 5.82 Å². The third kappa shape index (κ3) is 1.07. The average molecular weight is 143 g/mol. The molecule has 2 heteroatoms. The molecule has 53 valence electrons. The molecule has 2 nitrogen and oxygen atoms in total. The van der Waals surface area contributed by atoms with E-state index in [2.05, 4.69) is 16.9 Å². The van der Waals surface area contributed by atoms with Crippen LogP contribution < -0.4 is 0 Å². The fourth-order valence-corrected chi connectivity index (χ4v) is 1.01. The summed E-state index contributed by atoms with van der Waals surface area (Å²) in [7, 11) is 0. The molecule has 0 aliphatic rings. The SMILES string of the molecule is [CH2]c1ncc2ccccc2n1. The summed E-state index contributed by atoms with van der Waals surface area (Å²) in [6.45, 7) is 3.65. The molecule has 0 saturated carbocycles. The van der Waals surface area contributed by atoms with Crippen LogP contribution in [0.3, 0.4) is 0 Å². The highest BCUT2D eigenvalue weighted by molar-refractivity contribution is 5.77. The highest BCUT2D eigenvalue weighted by atomic mass is 14.9. The maximum atomic E-state index is 4.15. The van der Waals surface area contributed by atoms with Crippen LogP contribution >= 0.6 is 0 Å². The Hall–Kier alpha value is -1.44. The van der Waals surface area contributed by atoms with Gasteiger partial charge in [0.15, 0.2) is 0 Å². The second kappa shape index (κ2) is 2.31. The number of hydrogen-bond acceptors (Lipinski definition) is 2. The topological polar surface area (TPSA) is 25.8 Å². The normalized spacial score (nSPS) is 10.3. The van der Waals surface area contributed by atoms with Gasteiger partial charge in [0.1, 0.15) is 5.82 Å². The Labute approximate surface area is 64.9 Å². The zero-order chi connectivity index (χ0) is 7.68. The predicted octanol–water partition coefficient (Wildman–Crippen LogP) is 1.81. The first-order chi connectivity index (χ1) is 5.36. The number of fused-ring (bicyclic) bond motifs is 1. The number of nitrogens with zero attached hydrogens (tertiary/aromatic N) is 2. The van der Waals surface area contributed by atoms with Crippen molar-refractivity contribution in [3.05, 3.63) is 43.2 Å². The third-order valence-electron chi connectivity index (χ3n) is 1.54. The lowest BCUT2D eigenvalue weighted by atomic mass is 10.2. The monoisotopic (exact) mass is 143 g/mol. The summed E-state index contributed by atoms with van der Waals surface area (Å²) in [4.78, 5) is 8.14. The van der Waals surface area contributed by atoms with Gasteiger partial charge in [-0.2, -0.15) is 0 Å². The van der Waals surface area contributed by atoms with E-state index in [0.717, 1.165) is 10.9 Å². The molecule has 1 aromatic carbocycles. The molecule has 0 aliphatic carbocycles. The van der Waals surface area contributed by atoms with Crippen molar-refractivity contribution in [2.45, 2.75) is 0 Å². The van der Waals surface area contributed by atoms with Gasteiger partial charge in [-0.15, -0.1) is 0 Å². The summed E-state index contributed by atoms with van der Waals surface area (Å²) >= 11 is 0. The molecule has 1 radical (unpaired) electrons. The van der Waals surface area contributed by atoms with Crippen molar-refractivity contribution in [3.8, 4) is 0 Å². The second-order valence-electron chi connectivity index (χ2n) is 2.35. The smallest absolute Gasteiger partial charge is 0.129 e. The van der Waals surface area contributed by atoms with Gasteiger partial charge in [0, 0.05) is 18.5 Å². The largest absolute Gasteiger partial charge is 0.241 e. The van der Waals surface area contributed by atoms with Crippen molar-refractivity contribution in [1.29, 1.82) is 0 Å². The summed E-state index contributed by atoms with van der Waals surface area (Å²) in [6, 6.07) is 7.85. The van der Waals surface area contributed by atoms with Crippen LogP contribution in [0.5, 0.6) is 0 Å². The summed E-state index contributed by atoms with van der Waals surface area (Å²) in [5, 5.41) is 1.06. The van der Waals surface area contributed by atoms with E-state index in [-0.39, 0.29) is 0 Å². The van der Waals surface area contributed by atoms with E-state index in [1.165, 1.54) is 0 Å². The molecule has 11 heavy (non-hydrogen) atoms.